The molecule has 2 aromatic heterocycles. The molecule has 0 aliphatic carbocycles. The van der Waals surface area contributed by atoms with Crippen LogP contribution in [0.1, 0.15) is 21.5 Å². The number of anilines is 1. The normalized spacial score (nSPS) is 10.8. The first-order valence-corrected chi connectivity index (χ1v) is 8.38. The molecule has 0 atom stereocenters. The molecule has 0 unspecified atom stereocenters. The zero-order valence-electron chi connectivity index (χ0n) is 14.6. The predicted molar refractivity (Wildman–Crippen MR) is 103 cm³/mol. The Balaban J connectivity index is 1.68. The van der Waals surface area contributed by atoms with Crippen molar-refractivity contribution in [3.8, 4) is 5.69 Å². The van der Waals surface area contributed by atoms with E-state index in [4.69, 9.17) is 0 Å². The Morgan fingerprint density at radius 2 is 1.96 bits per heavy atom. The van der Waals surface area contributed by atoms with Crippen molar-refractivity contribution in [2.24, 2.45) is 0 Å². The fourth-order valence-corrected chi connectivity index (χ4v) is 3.06. The number of nitrogens with zero attached hydrogens (tertiary/aromatic N) is 3. The molecule has 2 heterocycles. The van der Waals surface area contributed by atoms with Gasteiger partial charge in [0.1, 0.15) is 6.33 Å². The van der Waals surface area contributed by atoms with Crippen molar-refractivity contribution in [1.29, 1.82) is 0 Å². The number of benzene rings is 2. The number of nitrogens with one attached hydrogen (secondary N) is 1. The van der Waals surface area contributed by atoms with Gasteiger partial charge in [0.25, 0.3) is 5.91 Å². The Bertz CT molecular complexity index is 1100. The third-order valence-electron chi connectivity index (χ3n) is 4.34. The van der Waals surface area contributed by atoms with E-state index in [0.29, 0.717) is 11.3 Å². The summed E-state index contributed by atoms with van der Waals surface area (Å²) in [7, 11) is 0. The van der Waals surface area contributed by atoms with Gasteiger partial charge in [-0.25, -0.2) is 4.98 Å². The van der Waals surface area contributed by atoms with E-state index in [1.807, 2.05) is 16.7 Å². The fraction of sp³-hybridized carbons (Fsp3) is 0.0952. The Labute approximate surface area is 151 Å². The van der Waals surface area contributed by atoms with Crippen molar-refractivity contribution in [1.82, 2.24) is 14.5 Å². The van der Waals surface area contributed by atoms with Gasteiger partial charge in [-0.1, -0.05) is 17.7 Å². The number of pyridine rings is 1. The van der Waals surface area contributed by atoms with Gasteiger partial charge in [0.05, 0.1) is 28.6 Å². The van der Waals surface area contributed by atoms with Gasteiger partial charge >= 0.3 is 0 Å². The highest BCUT2D eigenvalue weighted by Gasteiger charge is 2.11. The zero-order valence-corrected chi connectivity index (χ0v) is 14.6. The van der Waals surface area contributed by atoms with Crippen molar-refractivity contribution >= 4 is 22.6 Å². The summed E-state index contributed by atoms with van der Waals surface area (Å²) < 4.78 is 2.05. The number of imidazole rings is 1. The van der Waals surface area contributed by atoms with Crippen LogP contribution in [0.2, 0.25) is 0 Å². The van der Waals surface area contributed by atoms with Crippen LogP contribution >= 0.6 is 0 Å². The van der Waals surface area contributed by atoms with E-state index in [1.165, 1.54) is 11.1 Å². The molecule has 0 spiro atoms. The Morgan fingerprint density at radius 3 is 2.73 bits per heavy atom. The van der Waals surface area contributed by atoms with Crippen LogP contribution in [0.25, 0.3) is 16.7 Å². The summed E-state index contributed by atoms with van der Waals surface area (Å²) in [5.74, 6) is -0.180. The van der Waals surface area contributed by atoms with Gasteiger partial charge in [-0.05, 0) is 55.8 Å². The minimum absolute atomic E-state index is 0.180. The van der Waals surface area contributed by atoms with Crippen LogP contribution < -0.4 is 5.32 Å². The van der Waals surface area contributed by atoms with Crippen LogP contribution in [0.3, 0.4) is 0 Å². The molecule has 1 amide bonds. The molecule has 26 heavy (non-hydrogen) atoms. The second kappa shape index (κ2) is 6.44. The second-order valence-electron chi connectivity index (χ2n) is 6.30. The van der Waals surface area contributed by atoms with Crippen LogP contribution in [-0.4, -0.2) is 20.4 Å². The Kier molecular flexibility index (Phi) is 3.97. The fourth-order valence-electron chi connectivity index (χ4n) is 3.06. The average Bonchev–Trinajstić information content (AvgIpc) is 3.05. The second-order valence-corrected chi connectivity index (χ2v) is 6.30. The Morgan fingerprint density at radius 1 is 1.08 bits per heavy atom. The molecule has 1 N–H and O–H groups in total. The number of amides is 1. The number of rotatable bonds is 3. The first-order chi connectivity index (χ1) is 12.6. The molecule has 5 nitrogen and oxygen atoms in total. The van der Waals surface area contributed by atoms with E-state index in [-0.39, 0.29) is 5.91 Å². The van der Waals surface area contributed by atoms with Gasteiger partial charge < -0.3 is 5.32 Å². The maximum Gasteiger partial charge on any atom is 0.255 e. The molecule has 0 aliphatic rings. The van der Waals surface area contributed by atoms with Crippen LogP contribution in [0.4, 0.5) is 5.69 Å². The van der Waals surface area contributed by atoms with Crippen LogP contribution in [0.15, 0.2) is 67.3 Å². The van der Waals surface area contributed by atoms with Crippen molar-refractivity contribution in [2.75, 3.05) is 5.32 Å². The molecular weight excluding hydrogens is 324 g/mol. The highest BCUT2D eigenvalue weighted by molar-refractivity contribution is 6.05. The lowest BCUT2D eigenvalue weighted by Gasteiger charge is -2.09. The molecule has 5 heteroatoms. The number of aromatic nitrogens is 3. The van der Waals surface area contributed by atoms with Crippen molar-refractivity contribution in [3.05, 3.63) is 83.9 Å². The highest BCUT2D eigenvalue weighted by atomic mass is 16.1. The lowest BCUT2D eigenvalue weighted by Crippen LogP contribution is -2.11. The summed E-state index contributed by atoms with van der Waals surface area (Å²) >= 11 is 0. The maximum atomic E-state index is 12.5. The summed E-state index contributed by atoms with van der Waals surface area (Å²) in [5.41, 5.74) is 6.47. The largest absolute Gasteiger partial charge is 0.321 e. The number of carbonyl (C=O) groups excluding carboxylic acids is 1. The summed E-state index contributed by atoms with van der Waals surface area (Å²) in [6.07, 6.45) is 5.08. The molecule has 0 fully saturated rings. The molecular formula is C21H18N4O. The molecule has 4 aromatic rings. The Hall–Kier alpha value is -3.47. The van der Waals surface area contributed by atoms with Gasteiger partial charge in [-0.2, -0.15) is 0 Å². The monoisotopic (exact) mass is 342 g/mol. The highest BCUT2D eigenvalue weighted by Crippen LogP contribution is 2.23. The van der Waals surface area contributed by atoms with Crippen LogP contribution in [0.5, 0.6) is 0 Å². The number of carbonyl (C=O) groups is 1. The SMILES string of the molecule is Cc1ccc(-n2cnc3cc(C(=O)Nc4cccnc4)ccc32)c(C)c1. The van der Waals surface area contributed by atoms with Gasteiger partial charge in [0.15, 0.2) is 0 Å². The quantitative estimate of drug-likeness (QED) is 0.604. The molecule has 0 aliphatic heterocycles. The number of hydrogen-bond donors (Lipinski definition) is 1. The number of aryl methyl sites for hydroxylation is 2. The van der Waals surface area contributed by atoms with Gasteiger partial charge in [-0.3, -0.25) is 14.3 Å². The standard InChI is InChI=1S/C21H18N4O/c1-14-5-7-19(15(2)10-14)25-13-23-18-11-16(6-8-20(18)25)21(26)24-17-4-3-9-22-12-17/h3-13H,1-2H3,(H,24,26). The van der Waals surface area contributed by atoms with Crippen LogP contribution in [-0.2, 0) is 0 Å². The molecule has 0 radical (unpaired) electrons. The molecule has 2 aromatic carbocycles. The van der Waals surface area contributed by atoms with E-state index < -0.39 is 0 Å². The minimum atomic E-state index is -0.180. The summed E-state index contributed by atoms with van der Waals surface area (Å²) in [5, 5.41) is 2.84. The van der Waals surface area contributed by atoms with E-state index in [9.17, 15) is 4.79 Å². The van der Waals surface area contributed by atoms with Crippen molar-refractivity contribution in [3.63, 3.8) is 0 Å². The summed E-state index contributed by atoms with van der Waals surface area (Å²) in [6.45, 7) is 4.17. The average molecular weight is 342 g/mol. The maximum absolute atomic E-state index is 12.5. The van der Waals surface area contributed by atoms with Crippen molar-refractivity contribution < 1.29 is 4.79 Å². The van der Waals surface area contributed by atoms with Gasteiger partial charge in [0.2, 0.25) is 0 Å². The molecule has 4 rings (SSSR count). The topological polar surface area (TPSA) is 59.8 Å². The van der Waals surface area contributed by atoms with Crippen LogP contribution in [0, 0.1) is 13.8 Å². The van der Waals surface area contributed by atoms with E-state index in [1.54, 1.807) is 36.9 Å². The smallest absolute Gasteiger partial charge is 0.255 e. The number of hydrogen-bond acceptors (Lipinski definition) is 3. The summed E-state index contributed by atoms with van der Waals surface area (Å²) in [4.78, 5) is 20.9. The third kappa shape index (κ3) is 2.95. The minimum Gasteiger partial charge on any atom is -0.321 e. The third-order valence-corrected chi connectivity index (χ3v) is 4.34. The molecule has 0 saturated heterocycles. The summed E-state index contributed by atoms with van der Waals surface area (Å²) in [6, 6.07) is 15.5. The lowest BCUT2D eigenvalue weighted by molar-refractivity contribution is 0.102. The zero-order chi connectivity index (χ0) is 18.1. The van der Waals surface area contributed by atoms with Gasteiger partial charge in [0, 0.05) is 11.8 Å². The van der Waals surface area contributed by atoms with E-state index in [0.717, 1.165) is 16.7 Å². The predicted octanol–water partition coefficient (Wildman–Crippen LogP) is 4.29. The van der Waals surface area contributed by atoms with E-state index in [2.05, 4.69) is 47.3 Å². The van der Waals surface area contributed by atoms with Gasteiger partial charge in [-0.15, -0.1) is 0 Å². The molecule has 128 valence electrons. The molecule has 0 saturated carbocycles. The molecule has 0 bridgehead atoms. The lowest BCUT2D eigenvalue weighted by atomic mass is 10.1. The first kappa shape index (κ1) is 16.0. The van der Waals surface area contributed by atoms with Crippen molar-refractivity contribution in [2.45, 2.75) is 13.8 Å². The first-order valence-electron chi connectivity index (χ1n) is 8.38. The van der Waals surface area contributed by atoms with E-state index >= 15 is 0 Å². The number of fused-ring (bicyclic) bond motifs is 1.